The summed E-state index contributed by atoms with van der Waals surface area (Å²) in [7, 11) is 3.67. The molecule has 1 aliphatic heterocycles. The lowest BCUT2D eigenvalue weighted by atomic mass is 10.1. The molecule has 2 aromatic rings. The fourth-order valence-electron chi connectivity index (χ4n) is 4.18. The van der Waals surface area contributed by atoms with Crippen molar-refractivity contribution in [2.45, 2.75) is 42.9 Å². The van der Waals surface area contributed by atoms with Crippen LogP contribution in [-0.4, -0.2) is 98.8 Å². The predicted octanol–water partition coefficient (Wildman–Crippen LogP) is -0.604. The van der Waals surface area contributed by atoms with Gasteiger partial charge >= 0.3 is 11.8 Å². The zero-order valence-corrected chi connectivity index (χ0v) is 19.1. The molecule has 0 radical (unpaired) electrons. The zero-order valence-electron chi connectivity index (χ0n) is 19.1. The van der Waals surface area contributed by atoms with Crippen LogP contribution < -0.4 is 11.4 Å². The average Bonchev–Trinajstić information content (AvgIpc) is 3.58. The molecule has 0 spiro atoms. The highest BCUT2D eigenvalue weighted by molar-refractivity contribution is 5.67. The Bertz CT molecular complexity index is 1050. The number of carbonyl (C=O) groups is 1. The molecule has 1 saturated heterocycles. The molecule has 2 heterocycles. The van der Waals surface area contributed by atoms with Gasteiger partial charge in [0.25, 0.3) is 0 Å². The molecule has 34 heavy (non-hydrogen) atoms. The minimum Gasteiger partial charge on any atom is -0.447 e. The Labute approximate surface area is 196 Å². The van der Waals surface area contributed by atoms with Crippen molar-refractivity contribution in [1.82, 2.24) is 24.3 Å². The number of benzene rings is 1. The van der Waals surface area contributed by atoms with Crippen molar-refractivity contribution in [3.63, 3.8) is 0 Å². The van der Waals surface area contributed by atoms with E-state index in [0.29, 0.717) is 25.0 Å². The Morgan fingerprint density at radius 3 is 2.68 bits per heavy atom. The number of hydrogen-bond donors (Lipinski definition) is 3. The van der Waals surface area contributed by atoms with Gasteiger partial charge < -0.3 is 35.2 Å². The number of ether oxygens (including phenoxy) is 2. The van der Waals surface area contributed by atoms with Gasteiger partial charge in [-0.05, 0) is 19.0 Å². The zero-order chi connectivity index (χ0) is 24.4. The molecule has 2 aliphatic rings. The van der Waals surface area contributed by atoms with Gasteiger partial charge in [-0.15, -0.1) is 0 Å². The number of nitrogen functional groups attached to an aromatic ring is 1. The fraction of sp³-hybridized carbons (Fsp3) is 0.545. The van der Waals surface area contributed by atoms with E-state index in [9.17, 15) is 19.8 Å². The van der Waals surface area contributed by atoms with Crippen LogP contribution >= 0.6 is 0 Å². The summed E-state index contributed by atoms with van der Waals surface area (Å²) >= 11 is 0. The number of aliphatic hydroxyl groups excluding tert-OH is 2. The second-order valence-corrected chi connectivity index (χ2v) is 8.75. The van der Waals surface area contributed by atoms with Crippen LogP contribution in [0.4, 0.5) is 10.7 Å². The largest absolute Gasteiger partial charge is 0.447 e. The summed E-state index contributed by atoms with van der Waals surface area (Å²) in [6.45, 7) is 0.852. The van der Waals surface area contributed by atoms with E-state index in [0.717, 1.165) is 17.3 Å². The lowest BCUT2D eigenvalue weighted by molar-refractivity contribution is -0.0596. The third kappa shape index (κ3) is 5.20. The fourth-order valence-corrected chi connectivity index (χ4v) is 4.18. The third-order valence-corrected chi connectivity index (χ3v) is 6.38. The molecule has 2 fully saturated rings. The summed E-state index contributed by atoms with van der Waals surface area (Å²) < 4.78 is 11.8. The lowest BCUT2D eigenvalue weighted by Crippen LogP contribution is -2.39. The maximum absolute atomic E-state index is 12.4. The highest BCUT2D eigenvalue weighted by atomic mass is 16.6. The Morgan fingerprint density at radius 2 is 1.97 bits per heavy atom. The molecule has 0 bridgehead atoms. The van der Waals surface area contributed by atoms with Crippen LogP contribution in [0.3, 0.4) is 0 Å². The molecule has 4 N–H and O–H groups in total. The molecule has 1 aromatic carbocycles. The van der Waals surface area contributed by atoms with Crippen LogP contribution in [0.2, 0.25) is 0 Å². The molecule has 12 nitrogen and oxygen atoms in total. The van der Waals surface area contributed by atoms with Crippen LogP contribution in [0.15, 0.2) is 41.5 Å². The quantitative estimate of drug-likeness (QED) is 0.451. The summed E-state index contributed by atoms with van der Waals surface area (Å²) in [4.78, 5) is 35.3. The van der Waals surface area contributed by atoms with E-state index in [1.807, 2.05) is 25.2 Å². The summed E-state index contributed by atoms with van der Waals surface area (Å²) in [5, 5.41) is 20.6. The molecule has 1 amide bonds. The molecule has 6 atom stereocenters. The molecule has 12 heteroatoms. The SMILES string of the molecule is CN(CCN(C)C1CC1c1ccccc1)C(=O)OC[C@H]1O[C@@H](n2cnc(N)nc2=O)[C@H](O)[C@@H]1O. The highest BCUT2D eigenvalue weighted by Crippen LogP contribution is 2.43. The van der Waals surface area contributed by atoms with Crippen molar-refractivity contribution in [3.05, 3.63) is 52.7 Å². The van der Waals surface area contributed by atoms with Gasteiger partial charge in [-0.2, -0.15) is 4.98 Å². The molecule has 1 saturated carbocycles. The molecular weight excluding hydrogens is 444 g/mol. The van der Waals surface area contributed by atoms with E-state index in [1.54, 1.807) is 7.05 Å². The second kappa shape index (κ2) is 10.1. The van der Waals surface area contributed by atoms with Gasteiger partial charge in [0.2, 0.25) is 5.95 Å². The van der Waals surface area contributed by atoms with Crippen molar-refractivity contribution >= 4 is 12.0 Å². The number of anilines is 1. The molecule has 1 aromatic heterocycles. The summed E-state index contributed by atoms with van der Waals surface area (Å²) in [6, 6.07) is 10.8. The third-order valence-electron chi connectivity index (χ3n) is 6.38. The summed E-state index contributed by atoms with van der Waals surface area (Å²) in [6.07, 6.45) is -3.47. The van der Waals surface area contributed by atoms with Crippen LogP contribution in [0.1, 0.15) is 24.1 Å². The van der Waals surface area contributed by atoms with Crippen LogP contribution in [0.5, 0.6) is 0 Å². The Kier molecular flexibility index (Phi) is 7.12. The summed E-state index contributed by atoms with van der Waals surface area (Å²) in [5.74, 6) is 0.300. The average molecular weight is 475 g/mol. The minimum absolute atomic E-state index is 0.217. The lowest BCUT2D eigenvalue weighted by Gasteiger charge is -2.23. The number of hydrogen-bond acceptors (Lipinski definition) is 10. The minimum atomic E-state index is -1.43. The van der Waals surface area contributed by atoms with Crippen molar-refractivity contribution in [2.24, 2.45) is 0 Å². The molecule has 2 unspecified atom stereocenters. The van der Waals surface area contributed by atoms with Crippen LogP contribution in [-0.2, 0) is 9.47 Å². The number of likely N-dealkylation sites (N-methyl/N-ethyl adjacent to an activating group) is 2. The number of nitrogens with two attached hydrogens (primary N) is 1. The topological polar surface area (TPSA) is 156 Å². The van der Waals surface area contributed by atoms with Gasteiger partial charge in [0.15, 0.2) is 6.23 Å². The van der Waals surface area contributed by atoms with Gasteiger partial charge in [0, 0.05) is 32.1 Å². The van der Waals surface area contributed by atoms with Gasteiger partial charge in [-0.1, -0.05) is 30.3 Å². The van der Waals surface area contributed by atoms with Gasteiger partial charge in [0.1, 0.15) is 31.2 Å². The highest BCUT2D eigenvalue weighted by Gasteiger charge is 2.45. The molecular formula is C22H30N6O6. The predicted molar refractivity (Wildman–Crippen MR) is 121 cm³/mol. The van der Waals surface area contributed by atoms with Gasteiger partial charge in [-0.3, -0.25) is 4.57 Å². The van der Waals surface area contributed by atoms with E-state index < -0.39 is 36.3 Å². The van der Waals surface area contributed by atoms with Crippen LogP contribution in [0.25, 0.3) is 0 Å². The first-order valence-electron chi connectivity index (χ1n) is 11.1. The first-order chi connectivity index (χ1) is 16.3. The van der Waals surface area contributed by atoms with Crippen molar-refractivity contribution in [3.8, 4) is 0 Å². The smallest absolute Gasteiger partial charge is 0.409 e. The normalized spacial score (nSPS) is 28.1. The second-order valence-electron chi connectivity index (χ2n) is 8.75. The van der Waals surface area contributed by atoms with E-state index in [1.165, 1.54) is 10.5 Å². The Hall–Kier alpha value is -3.06. The summed E-state index contributed by atoms with van der Waals surface area (Å²) in [5.41, 5.74) is 5.92. The number of nitrogens with zero attached hydrogens (tertiary/aromatic N) is 5. The standard InChI is InChI=1S/C22H30N6O6/c1-26(15-10-14(15)13-6-4-3-5-7-13)8-9-27(2)22(32)33-11-16-17(29)18(30)19(34-16)28-12-24-20(23)25-21(28)31/h3-7,12,14-19,29-30H,8-11H2,1-2H3,(H2,23,25,31)/t14?,15?,16-,17-,18-,19-/m1/s1. The molecule has 4 rings (SSSR count). The number of aliphatic hydroxyl groups is 2. The molecule has 1 aliphatic carbocycles. The van der Waals surface area contributed by atoms with E-state index in [4.69, 9.17) is 15.2 Å². The van der Waals surface area contributed by atoms with Crippen molar-refractivity contribution in [1.29, 1.82) is 0 Å². The maximum atomic E-state index is 12.4. The number of rotatable bonds is 8. The Balaban J connectivity index is 1.23. The van der Waals surface area contributed by atoms with Gasteiger partial charge in [0.05, 0.1) is 0 Å². The Morgan fingerprint density at radius 1 is 1.24 bits per heavy atom. The molecule has 184 valence electrons. The van der Waals surface area contributed by atoms with Gasteiger partial charge in [-0.25, -0.2) is 14.6 Å². The monoisotopic (exact) mass is 474 g/mol. The van der Waals surface area contributed by atoms with E-state index >= 15 is 0 Å². The van der Waals surface area contributed by atoms with Crippen LogP contribution in [0, 0.1) is 0 Å². The first-order valence-corrected chi connectivity index (χ1v) is 11.1. The number of carbonyl (C=O) groups excluding carboxylic acids is 1. The van der Waals surface area contributed by atoms with E-state index in [-0.39, 0.29) is 12.6 Å². The van der Waals surface area contributed by atoms with E-state index in [2.05, 4.69) is 27.0 Å². The first kappa shape index (κ1) is 24.1. The number of aromatic nitrogens is 3. The number of amides is 1. The van der Waals surface area contributed by atoms with Crippen molar-refractivity contribution in [2.75, 3.05) is 39.5 Å². The maximum Gasteiger partial charge on any atom is 0.409 e. The van der Waals surface area contributed by atoms with Crippen molar-refractivity contribution < 1.29 is 24.5 Å².